The molecule has 0 saturated carbocycles. The van der Waals surface area contributed by atoms with Crippen molar-refractivity contribution in [2.24, 2.45) is 5.92 Å². The molecule has 0 spiro atoms. The SMILES string of the molecule is CCC(CC)CC(=O)C1CSCCO1. The van der Waals surface area contributed by atoms with Crippen molar-refractivity contribution in [3.8, 4) is 0 Å². The maximum atomic E-state index is 11.8. The van der Waals surface area contributed by atoms with Crippen molar-refractivity contribution in [1.29, 1.82) is 0 Å². The molecule has 0 amide bonds. The highest BCUT2D eigenvalue weighted by Gasteiger charge is 2.23. The first kappa shape index (κ1) is 12.1. The van der Waals surface area contributed by atoms with Gasteiger partial charge in [-0.15, -0.1) is 0 Å². The molecule has 0 aromatic carbocycles. The summed E-state index contributed by atoms with van der Waals surface area (Å²) in [7, 11) is 0. The number of carbonyl (C=O) groups excluding carboxylic acids is 1. The lowest BCUT2D eigenvalue weighted by atomic mass is 9.95. The van der Waals surface area contributed by atoms with Gasteiger partial charge in [-0.3, -0.25) is 4.79 Å². The van der Waals surface area contributed by atoms with E-state index in [9.17, 15) is 4.79 Å². The van der Waals surface area contributed by atoms with E-state index in [0.29, 0.717) is 18.1 Å². The van der Waals surface area contributed by atoms with Gasteiger partial charge in [-0.2, -0.15) is 11.8 Å². The topological polar surface area (TPSA) is 26.3 Å². The lowest BCUT2D eigenvalue weighted by Crippen LogP contribution is -2.32. The van der Waals surface area contributed by atoms with E-state index in [-0.39, 0.29) is 6.10 Å². The van der Waals surface area contributed by atoms with E-state index in [2.05, 4.69) is 13.8 Å². The highest BCUT2D eigenvalue weighted by atomic mass is 32.2. The van der Waals surface area contributed by atoms with Crippen molar-refractivity contribution >= 4 is 17.5 Å². The molecule has 2 nitrogen and oxygen atoms in total. The number of carbonyl (C=O) groups is 1. The van der Waals surface area contributed by atoms with Crippen LogP contribution in [0.4, 0.5) is 0 Å². The van der Waals surface area contributed by atoms with E-state index in [0.717, 1.165) is 31.0 Å². The summed E-state index contributed by atoms with van der Waals surface area (Å²) < 4.78 is 5.46. The number of ether oxygens (including phenoxy) is 1. The van der Waals surface area contributed by atoms with Crippen LogP contribution in [0.1, 0.15) is 33.1 Å². The zero-order valence-corrected chi connectivity index (χ0v) is 9.94. The van der Waals surface area contributed by atoms with Gasteiger partial charge in [-0.05, 0) is 5.92 Å². The number of thioether (sulfide) groups is 1. The van der Waals surface area contributed by atoms with Gasteiger partial charge in [0, 0.05) is 17.9 Å². The summed E-state index contributed by atoms with van der Waals surface area (Å²) >= 11 is 1.83. The van der Waals surface area contributed by atoms with Crippen LogP contribution in [0.3, 0.4) is 0 Å². The second-order valence-electron chi connectivity index (χ2n) is 3.79. The molecule has 0 aromatic rings. The van der Waals surface area contributed by atoms with Gasteiger partial charge in [0.15, 0.2) is 5.78 Å². The molecule has 0 aliphatic carbocycles. The van der Waals surface area contributed by atoms with E-state index in [1.165, 1.54) is 0 Å². The maximum absolute atomic E-state index is 11.8. The van der Waals surface area contributed by atoms with Gasteiger partial charge in [0.2, 0.25) is 0 Å². The molecule has 0 aromatic heterocycles. The molecule has 1 heterocycles. The Bertz CT molecular complexity index is 172. The Morgan fingerprint density at radius 1 is 1.50 bits per heavy atom. The highest BCUT2D eigenvalue weighted by Crippen LogP contribution is 2.19. The lowest BCUT2D eigenvalue weighted by Gasteiger charge is -2.22. The monoisotopic (exact) mass is 216 g/mol. The van der Waals surface area contributed by atoms with Gasteiger partial charge >= 0.3 is 0 Å². The standard InChI is InChI=1S/C11H20O2S/c1-3-9(4-2)7-10(12)11-8-14-6-5-13-11/h9,11H,3-8H2,1-2H3. The van der Waals surface area contributed by atoms with Crippen LogP contribution in [0.2, 0.25) is 0 Å². The van der Waals surface area contributed by atoms with Crippen LogP contribution in [0.5, 0.6) is 0 Å². The molecule has 1 rings (SSSR count). The fourth-order valence-electron chi connectivity index (χ4n) is 1.67. The molecule has 1 saturated heterocycles. The van der Waals surface area contributed by atoms with E-state index in [4.69, 9.17) is 4.74 Å². The van der Waals surface area contributed by atoms with Gasteiger partial charge in [-0.25, -0.2) is 0 Å². The molecule has 82 valence electrons. The first-order chi connectivity index (χ1) is 6.77. The number of Topliss-reactive ketones (excluding diaryl/α,β-unsaturated/α-hetero) is 1. The van der Waals surface area contributed by atoms with Crippen LogP contribution in [0.15, 0.2) is 0 Å². The van der Waals surface area contributed by atoms with Gasteiger partial charge in [-0.1, -0.05) is 26.7 Å². The number of ketones is 1. The predicted octanol–water partition coefficient (Wildman–Crippen LogP) is 2.51. The Kier molecular flexibility index (Phi) is 5.56. The van der Waals surface area contributed by atoms with Crippen LogP contribution in [-0.2, 0) is 9.53 Å². The fraction of sp³-hybridized carbons (Fsp3) is 0.909. The minimum Gasteiger partial charge on any atom is -0.369 e. The van der Waals surface area contributed by atoms with Crippen LogP contribution in [-0.4, -0.2) is 30.0 Å². The summed E-state index contributed by atoms with van der Waals surface area (Å²) in [6.07, 6.45) is 2.79. The largest absolute Gasteiger partial charge is 0.369 e. The highest BCUT2D eigenvalue weighted by molar-refractivity contribution is 7.99. The molecule has 3 heteroatoms. The molecule has 14 heavy (non-hydrogen) atoms. The molecule has 1 aliphatic rings. The summed E-state index contributed by atoms with van der Waals surface area (Å²) in [5.41, 5.74) is 0. The van der Waals surface area contributed by atoms with Crippen molar-refractivity contribution in [3.05, 3.63) is 0 Å². The Labute approximate surface area is 90.8 Å². The second-order valence-corrected chi connectivity index (χ2v) is 4.94. The Balaban J connectivity index is 2.32. The van der Waals surface area contributed by atoms with E-state index < -0.39 is 0 Å². The van der Waals surface area contributed by atoms with E-state index in [1.807, 2.05) is 11.8 Å². The average molecular weight is 216 g/mol. The second kappa shape index (κ2) is 6.46. The first-order valence-electron chi connectivity index (χ1n) is 5.50. The lowest BCUT2D eigenvalue weighted by molar-refractivity contribution is -0.130. The normalized spacial score (nSPS) is 22.6. The molecular weight excluding hydrogens is 196 g/mol. The van der Waals surface area contributed by atoms with Crippen LogP contribution in [0, 0.1) is 5.92 Å². The summed E-state index contributed by atoms with van der Waals surface area (Å²) in [6, 6.07) is 0. The summed E-state index contributed by atoms with van der Waals surface area (Å²) in [5, 5.41) is 0. The Hall–Kier alpha value is -0.0200. The average Bonchev–Trinajstić information content (AvgIpc) is 2.26. The van der Waals surface area contributed by atoms with Gasteiger partial charge in [0.1, 0.15) is 6.10 Å². The number of hydrogen-bond acceptors (Lipinski definition) is 3. The molecule has 0 radical (unpaired) electrons. The molecule has 1 atom stereocenters. The quantitative estimate of drug-likeness (QED) is 0.706. The molecule has 1 aliphatic heterocycles. The minimum absolute atomic E-state index is 0.116. The molecule has 1 unspecified atom stereocenters. The third kappa shape index (κ3) is 3.62. The van der Waals surface area contributed by atoms with Gasteiger partial charge in [0.05, 0.1) is 6.61 Å². The van der Waals surface area contributed by atoms with Crippen molar-refractivity contribution < 1.29 is 9.53 Å². The Morgan fingerprint density at radius 2 is 2.21 bits per heavy atom. The summed E-state index contributed by atoms with van der Waals surface area (Å²) in [6.45, 7) is 5.04. The number of hydrogen-bond donors (Lipinski definition) is 0. The summed E-state index contributed by atoms with van der Waals surface area (Å²) in [5.74, 6) is 2.76. The van der Waals surface area contributed by atoms with Crippen molar-refractivity contribution in [2.75, 3.05) is 18.1 Å². The van der Waals surface area contributed by atoms with E-state index in [1.54, 1.807) is 0 Å². The van der Waals surface area contributed by atoms with Crippen molar-refractivity contribution in [1.82, 2.24) is 0 Å². The van der Waals surface area contributed by atoms with Crippen molar-refractivity contribution in [2.45, 2.75) is 39.2 Å². The molecule has 1 fully saturated rings. The number of rotatable bonds is 5. The third-order valence-corrected chi connectivity index (χ3v) is 3.81. The zero-order chi connectivity index (χ0) is 10.4. The van der Waals surface area contributed by atoms with Crippen molar-refractivity contribution in [3.63, 3.8) is 0 Å². The van der Waals surface area contributed by atoms with Gasteiger partial charge in [0.25, 0.3) is 0 Å². The predicted molar refractivity (Wildman–Crippen MR) is 60.8 cm³/mol. The first-order valence-corrected chi connectivity index (χ1v) is 6.65. The maximum Gasteiger partial charge on any atom is 0.162 e. The minimum atomic E-state index is -0.116. The van der Waals surface area contributed by atoms with Crippen LogP contribution in [0.25, 0.3) is 0 Å². The molecular formula is C11H20O2S. The smallest absolute Gasteiger partial charge is 0.162 e. The Morgan fingerprint density at radius 3 is 2.71 bits per heavy atom. The third-order valence-electron chi connectivity index (χ3n) is 2.82. The molecule has 0 N–H and O–H groups in total. The zero-order valence-electron chi connectivity index (χ0n) is 9.12. The summed E-state index contributed by atoms with van der Waals surface area (Å²) in [4.78, 5) is 11.8. The van der Waals surface area contributed by atoms with E-state index >= 15 is 0 Å². The fourth-order valence-corrected chi connectivity index (χ4v) is 2.54. The van der Waals surface area contributed by atoms with Crippen LogP contribution < -0.4 is 0 Å². The van der Waals surface area contributed by atoms with Crippen LogP contribution >= 0.6 is 11.8 Å². The molecule has 0 bridgehead atoms. The van der Waals surface area contributed by atoms with Gasteiger partial charge < -0.3 is 4.74 Å².